The number of ether oxygens (including phenoxy) is 2. The molecule has 8 rings (SSSR count). The van der Waals surface area contributed by atoms with Crippen molar-refractivity contribution < 1.29 is 37.9 Å². The number of methoxy groups -OCH3 is 2. The van der Waals surface area contributed by atoms with Crippen molar-refractivity contribution in [3.05, 3.63) is 23.5 Å². The topological polar surface area (TPSA) is 116 Å². The van der Waals surface area contributed by atoms with Crippen LogP contribution in [0.25, 0.3) is 0 Å². The van der Waals surface area contributed by atoms with Gasteiger partial charge in [0.2, 0.25) is 8.32 Å². The molecule has 0 aromatic rings. The van der Waals surface area contributed by atoms with Crippen molar-refractivity contribution in [2.75, 3.05) is 14.2 Å². The number of ketones is 1. The summed E-state index contributed by atoms with van der Waals surface area (Å²) in [5, 5.41) is 10.4. The van der Waals surface area contributed by atoms with Gasteiger partial charge in [0.15, 0.2) is 5.78 Å². The molecule has 2 unspecified atom stereocenters. The molecule has 18 atom stereocenters. The van der Waals surface area contributed by atoms with Crippen LogP contribution < -0.4 is 0 Å². The number of allylic oxidation sites excluding steroid dienone is 4. The Morgan fingerprint density at radius 3 is 1.70 bits per heavy atom. The summed E-state index contributed by atoms with van der Waals surface area (Å²) < 4.78 is 29.3. The molecule has 0 aromatic heterocycles. The summed E-state index contributed by atoms with van der Waals surface area (Å²) in [7, 11) is -0.204. The number of Topliss-reactive ketones (excluding diaryl/α,β-unsaturated/α-hetero) is 1. The molecule has 0 spiro atoms. The van der Waals surface area contributed by atoms with E-state index in [1.54, 1.807) is 0 Å². The van der Waals surface area contributed by atoms with E-state index in [2.05, 4.69) is 80.3 Å². The average Bonchev–Trinajstić information content (AvgIpc) is 3.84. The fraction of sp³-hybridized carbons (Fsp3) is 0.885. The highest BCUT2D eigenvalue weighted by molar-refractivity contribution is 6.70. The largest absolute Gasteiger partial charge is 0.547 e. The van der Waals surface area contributed by atoms with Gasteiger partial charge in [-0.2, -0.15) is 0 Å². The third kappa shape index (κ3) is 11.7. The van der Waals surface area contributed by atoms with Crippen molar-refractivity contribution in [2.45, 2.75) is 231 Å². The number of carbonyl (C=O) groups is 3. The van der Waals surface area contributed by atoms with Gasteiger partial charge in [-0.05, 0) is 240 Å². The Morgan fingerprint density at radius 2 is 1.21 bits per heavy atom. The minimum absolute atomic E-state index is 0. The van der Waals surface area contributed by atoms with Gasteiger partial charge in [0.05, 0.1) is 26.1 Å². The molecule has 0 saturated heterocycles. The summed E-state index contributed by atoms with van der Waals surface area (Å²) in [4.78, 5) is 37.5. The zero-order valence-electron chi connectivity index (χ0n) is 45.2. The lowest BCUT2D eigenvalue weighted by Crippen LogP contribution is -2.58. The van der Waals surface area contributed by atoms with E-state index in [1.165, 1.54) is 77.8 Å². The molecular weight excluding hydrogens is 917 g/mol. The summed E-state index contributed by atoms with van der Waals surface area (Å²) in [5.74, 6) is 8.13. The average molecular weight is 1030 g/mol. The molecule has 0 radical (unpaired) electrons. The molecule has 0 bridgehead atoms. The van der Waals surface area contributed by atoms with Crippen molar-refractivity contribution >= 4 is 34.7 Å². The number of hydrogen-bond donors (Lipinski definition) is 1. The molecule has 8 aliphatic carbocycles. The second-order valence-corrected chi connectivity index (χ2v) is 33.0. The van der Waals surface area contributed by atoms with E-state index in [1.807, 2.05) is 6.92 Å². The van der Waals surface area contributed by atoms with Crippen molar-refractivity contribution in [1.29, 1.82) is 0 Å². The number of aliphatic hydroxyl groups is 1. The fourth-order valence-corrected chi connectivity index (χ4v) is 20.5. The maximum atomic E-state index is 13.9. The van der Waals surface area contributed by atoms with Crippen molar-refractivity contribution in [3.8, 4) is 0 Å². The monoisotopic (exact) mass is 1020 g/mol. The van der Waals surface area contributed by atoms with Crippen LogP contribution in [0, 0.1) is 98.6 Å². The summed E-state index contributed by atoms with van der Waals surface area (Å²) in [5.41, 5.74) is 1.98. The van der Waals surface area contributed by atoms with Gasteiger partial charge < -0.3 is 23.5 Å². The number of hydrogen-bond acceptors (Lipinski definition) is 8. The molecule has 10 heteroatoms. The number of fused-ring (bicyclic) bond motifs is 10. The first-order valence-electron chi connectivity index (χ1n) is 27.9. The molecule has 1 N–H and O–H groups in total. The summed E-state index contributed by atoms with van der Waals surface area (Å²) in [6.45, 7) is 25.8. The number of carbonyl (C=O) groups excluding carboxylic acids is 3. The second kappa shape index (κ2) is 24.0. The predicted molar refractivity (Wildman–Crippen MR) is 295 cm³/mol. The van der Waals surface area contributed by atoms with E-state index in [0.717, 1.165) is 62.6 Å². The Labute approximate surface area is 438 Å². The van der Waals surface area contributed by atoms with Gasteiger partial charge in [0, 0.05) is 24.7 Å². The third-order valence-electron chi connectivity index (χ3n) is 22.0. The third-order valence-corrected chi connectivity index (χ3v) is 24.6. The van der Waals surface area contributed by atoms with Crippen molar-refractivity contribution in [1.82, 2.24) is 0 Å². The molecule has 0 amide bonds. The van der Waals surface area contributed by atoms with Gasteiger partial charge in [0.25, 0.3) is 8.68 Å². The summed E-state index contributed by atoms with van der Waals surface area (Å²) in [6.07, 6.45) is 23.4. The molecular formula is C61H108O8Si2. The lowest BCUT2D eigenvalue weighted by molar-refractivity contribution is -0.150. The van der Waals surface area contributed by atoms with Crippen LogP contribution in [0.5, 0.6) is 0 Å². The molecule has 7 saturated carbocycles. The number of rotatable bonds is 13. The minimum atomic E-state index is -1.75. The van der Waals surface area contributed by atoms with Gasteiger partial charge in [-0.25, -0.2) is 0 Å². The van der Waals surface area contributed by atoms with Crippen LogP contribution in [-0.4, -0.2) is 60.2 Å². The highest BCUT2D eigenvalue weighted by atomic mass is 28.4. The van der Waals surface area contributed by atoms with Gasteiger partial charge >= 0.3 is 11.9 Å². The molecule has 0 aliphatic heterocycles. The summed E-state index contributed by atoms with van der Waals surface area (Å²) in [6, 6.07) is 1.80. The first-order chi connectivity index (χ1) is 32.0. The van der Waals surface area contributed by atoms with E-state index in [9.17, 15) is 24.0 Å². The maximum absolute atomic E-state index is 13.9. The van der Waals surface area contributed by atoms with Crippen molar-refractivity contribution in [3.63, 3.8) is 0 Å². The van der Waals surface area contributed by atoms with Crippen LogP contribution in [0.4, 0.5) is 0 Å². The highest BCUT2D eigenvalue weighted by Crippen LogP contribution is 2.70. The Balaban J connectivity index is 0.000000300. The maximum Gasteiger partial charge on any atom is 0.305 e. The van der Waals surface area contributed by atoms with E-state index < -0.39 is 17.0 Å². The van der Waals surface area contributed by atoms with Crippen LogP contribution >= 0.6 is 0 Å². The number of aliphatic hydroxyl groups excluding tert-OH is 1. The predicted octanol–water partition coefficient (Wildman–Crippen LogP) is 15.5. The molecule has 8 aliphatic rings. The van der Waals surface area contributed by atoms with Crippen LogP contribution in [0.15, 0.2) is 23.5 Å². The Hall–Kier alpha value is -1.92. The summed E-state index contributed by atoms with van der Waals surface area (Å²) >= 11 is 0. The Morgan fingerprint density at radius 1 is 0.732 bits per heavy atom. The first kappa shape index (κ1) is 61.6. The van der Waals surface area contributed by atoms with E-state index in [0.29, 0.717) is 94.6 Å². The van der Waals surface area contributed by atoms with Crippen LogP contribution in [0.1, 0.15) is 193 Å². The van der Waals surface area contributed by atoms with E-state index in [-0.39, 0.29) is 63.0 Å². The molecule has 0 heterocycles. The standard InChI is InChI=1S/C31H54O4Si2.C27H42O4.3CH4/c1-9-36(33)20-22-14-16-30(3)23(18-22)19-27(35-37(6,7)8)29-25-12-11-24(21(2)10-13-28(32)34-5)31(25,4)17-15-26(29)30;1-6-18-22-15-17(28)11-13-27(22,4)21-12-14-26(3)19(16(2)7-10-23(29)31-5)8-9-20(26)24(21)25(18)30;;;/h19,21-26,29H,9-18,20H2,1-8H3;6,16-17,19-22,24,28H,7-15H2,1-5H3;3*1H4/b;18-6+;;;/t21?,22-,23+,24-,25+,26+,29+,30+,31-;16?,17-,19-,20+,21+,22+,24+,26-,27-;;;/m11.../s1. The minimum Gasteiger partial charge on any atom is -0.547 e. The first-order valence-corrected chi connectivity index (χ1v) is 33.2. The van der Waals surface area contributed by atoms with Crippen LogP contribution in [0.3, 0.4) is 0 Å². The normalized spacial score (nSPS) is 41.3. The second-order valence-electron chi connectivity index (χ2n) is 26.3. The molecule has 8 nitrogen and oxygen atoms in total. The Bertz CT molecular complexity index is 1920. The van der Waals surface area contributed by atoms with E-state index >= 15 is 0 Å². The fourth-order valence-electron chi connectivity index (χ4n) is 18.3. The van der Waals surface area contributed by atoms with Gasteiger partial charge in [-0.3, -0.25) is 14.4 Å². The van der Waals surface area contributed by atoms with Crippen LogP contribution in [0.2, 0.25) is 31.7 Å². The van der Waals surface area contributed by atoms with Gasteiger partial charge in [-0.15, -0.1) is 0 Å². The molecule has 71 heavy (non-hydrogen) atoms. The zero-order chi connectivity index (χ0) is 49.7. The van der Waals surface area contributed by atoms with Crippen molar-refractivity contribution in [2.24, 2.45) is 98.6 Å². The SMILES string of the molecule is C.C.C.C/C=C1/C(=O)[C@@H]2[C@H](CC[C@]3(C)[C@@H](C(C)CCC(=O)OC)CC[C@@H]23)[C@@]2(C)CC[C@@H](O)C[C@@H]12.CC[Si](=O)C[C@@H]1CC[C@@]2(C)[C@H](C=C(O[Si](C)(C)C)[C@@H]3[C@@H]2CC[C@]2(C)[C@@H](C(C)CCC(=O)OC)CC[C@@H]32)C1. The highest BCUT2D eigenvalue weighted by Gasteiger charge is 2.65. The van der Waals surface area contributed by atoms with Gasteiger partial charge in [0.1, 0.15) is 0 Å². The van der Waals surface area contributed by atoms with Gasteiger partial charge in [-0.1, -0.05) is 76.8 Å². The zero-order valence-corrected chi connectivity index (χ0v) is 47.2. The molecule has 0 aromatic carbocycles. The molecule has 408 valence electrons. The lowest BCUT2D eigenvalue weighted by Gasteiger charge is -2.61. The number of esters is 2. The van der Waals surface area contributed by atoms with Crippen LogP contribution in [-0.2, 0) is 32.7 Å². The van der Waals surface area contributed by atoms with E-state index in [4.69, 9.17) is 13.9 Å². The lowest BCUT2D eigenvalue weighted by atomic mass is 9.43. The molecule has 7 fully saturated rings. The quantitative estimate of drug-likeness (QED) is 0.110. The Kier molecular flexibility index (Phi) is 20.8. The smallest absolute Gasteiger partial charge is 0.305 e.